The lowest BCUT2D eigenvalue weighted by atomic mass is 10.1. The van der Waals surface area contributed by atoms with E-state index in [0.717, 1.165) is 6.42 Å². The van der Waals surface area contributed by atoms with E-state index in [0.29, 0.717) is 34.9 Å². The average Bonchev–Trinajstić information content (AvgIpc) is 2.96. The van der Waals surface area contributed by atoms with E-state index in [9.17, 15) is 14.0 Å². The summed E-state index contributed by atoms with van der Waals surface area (Å²) in [5, 5.41) is 7.63. The maximum absolute atomic E-state index is 13.2. The number of nitrogens with zero attached hydrogens (tertiary/aromatic N) is 3. The topological polar surface area (TPSA) is 68.9 Å². The van der Waals surface area contributed by atoms with Gasteiger partial charge in [0, 0.05) is 19.8 Å². The quantitative estimate of drug-likeness (QED) is 0.751. The van der Waals surface area contributed by atoms with Crippen LogP contribution in [0.25, 0.3) is 16.7 Å². The molecule has 0 spiro atoms. The zero-order valence-corrected chi connectivity index (χ0v) is 15.9. The first-order chi connectivity index (χ1) is 12.8. The first-order valence-electron chi connectivity index (χ1n) is 8.92. The number of nitrogens with one attached hydrogen (secondary N) is 1. The van der Waals surface area contributed by atoms with Crippen LogP contribution in [0.15, 0.2) is 35.3 Å². The Morgan fingerprint density at radius 2 is 1.93 bits per heavy atom. The van der Waals surface area contributed by atoms with Gasteiger partial charge in [-0.05, 0) is 43.5 Å². The van der Waals surface area contributed by atoms with E-state index in [1.54, 1.807) is 35.4 Å². The SMILES string of the molecule is Cc1nn(-c2ccc(F)cc2)c2c1c(=O)c(C(=O)NCCC(C)C)cn2C. The lowest BCUT2D eigenvalue weighted by molar-refractivity contribution is 0.0950. The van der Waals surface area contributed by atoms with Crippen molar-refractivity contribution >= 4 is 16.9 Å². The van der Waals surface area contributed by atoms with Crippen molar-refractivity contribution < 1.29 is 9.18 Å². The van der Waals surface area contributed by atoms with Crippen LogP contribution in [0.2, 0.25) is 0 Å². The van der Waals surface area contributed by atoms with Crippen LogP contribution >= 0.6 is 0 Å². The van der Waals surface area contributed by atoms with Crippen LogP contribution in [0.4, 0.5) is 4.39 Å². The minimum Gasteiger partial charge on any atom is -0.352 e. The van der Waals surface area contributed by atoms with Gasteiger partial charge in [0.25, 0.3) is 5.91 Å². The van der Waals surface area contributed by atoms with Crippen molar-refractivity contribution in [1.29, 1.82) is 0 Å². The van der Waals surface area contributed by atoms with Crippen molar-refractivity contribution in [2.24, 2.45) is 13.0 Å². The van der Waals surface area contributed by atoms with Crippen LogP contribution in [-0.2, 0) is 7.05 Å². The number of pyridine rings is 1. The van der Waals surface area contributed by atoms with Crippen molar-refractivity contribution in [3.63, 3.8) is 0 Å². The van der Waals surface area contributed by atoms with Gasteiger partial charge in [0.05, 0.1) is 16.8 Å². The van der Waals surface area contributed by atoms with Crippen molar-refractivity contribution in [3.8, 4) is 5.69 Å². The van der Waals surface area contributed by atoms with Crippen molar-refractivity contribution in [3.05, 3.63) is 57.8 Å². The lowest BCUT2D eigenvalue weighted by Gasteiger charge is -2.10. The standard InChI is InChI=1S/C20H23FN4O2/c1-12(2)9-10-22-19(27)16-11-24(4)20-17(18(16)26)13(3)23-25(20)15-7-5-14(21)6-8-15/h5-8,11-12H,9-10H2,1-4H3,(H,22,27). The predicted octanol–water partition coefficient (Wildman–Crippen LogP) is 2.95. The number of aromatic nitrogens is 3. The maximum Gasteiger partial charge on any atom is 0.256 e. The second-order valence-corrected chi connectivity index (χ2v) is 7.09. The molecule has 3 aromatic rings. The predicted molar refractivity (Wildman–Crippen MR) is 103 cm³/mol. The summed E-state index contributed by atoms with van der Waals surface area (Å²) in [6.07, 6.45) is 2.37. The van der Waals surface area contributed by atoms with Crippen LogP contribution in [0, 0.1) is 18.7 Å². The van der Waals surface area contributed by atoms with Gasteiger partial charge >= 0.3 is 0 Å². The molecule has 1 amide bonds. The average molecular weight is 370 g/mol. The molecule has 1 aromatic carbocycles. The first kappa shape index (κ1) is 18.8. The van der Waals surface area contributed by atoms with Crippen LogP contribution in [0.1, 0.15) is 36.3 Å². The van der Waals surface area contributed by atoms with Gasteiger partial charge in [-0.25, -0.2) is 9.07 Å². The van der Waals surface area contributed by atoms with Crippen LogP contribution < -0.4 is 10.7 Å². The Balaban J connectivity index is 2.08. The number of carbonyl (C=O) groups excluding carboxylic acids is 1. The summed E-state index contributed by atoms with van der Waals surface area (Å²) in [6.45, 7) is 6.39. The molecule has 7 heteroatoms. The van der Waals surface area contributed by atoms with Gasteiger partial charge in [-0.2, -0.15) is 5.10 Å². The number of aryl methyl sites for hydroxylation is 2. The zero-order chi connectivity index (χ0) is 19.7. The minimum absolute atomic E-state index is 0.0931. The molecule has 2 heterocycles. The van der Waals surface area contributed by atoms with E-state index in [1.807, 2.05) is 0 Å². The Morgan fingerprint density at radius 3 is 2.56 bits per heavy atom. The smallest absolute Gasteiger partial charge is 0.256 e. The summed E-state index contributed by atoms with van der Waals surface area (Å²) in [6, 6.07) is 5.87. The third-order valence-corrected chi connectivity index (χ3v) is 4.49. The second-order valence-electron chi connectivity index (χ2n) is 7.09. The molecule has 0 saturated carbocycles. The van der Waals surface area contributed by atoms with E-state index in [-0.39, 0.29) is 22.7 Å². The summed E-state index contributed by atoms with van der Waals surface area (Å²) >= 11 is 0. The number of rotatable bonds is 5. The highest BCUT2D eigenvalue weighted by Crippen LogP contribution is 2.20. The molecule has 1 N–H and O–H groups in total. The fraction of sp³-hybridized carbons (Fsp3) is 0.350. The molecule has 6 nitrogen and oxygen atoms in total. The summed E-state index contributed by atoms with van der Waals surface area (Å²) in [5.41, 5.74) is 1.46. The molecule has 142 valence electrons. The monoisotopic (exact) mass is 370 g/mol. The lowest BCUT2D eigenvalue weighted by Crippen LogP contribution is -2.31. The molecule has 2 aromatic heterocycles. The van der Waals surface area contributed by atoms with Gasteiger partial charge in [0.2, 0.25) is 5.43 Å². The van der Waals surface area contributed by atoms with Crippen molar-refractivity contribution in [2.75, 3.05) is 6.54 Å². The fourth-order valence-corrected chi connectivity index (χ4v) is 3.05. The van der Waals surface area contributed by atoms with E-state index in [2.05, 4.69) is 24.3 Å². The molecule has 0 saturated heterocycles. The summed E-state index contributed by atoms with van der Waals surface area (Å²) in [5.74, 6) is -0.264. The molecule has 0 aliphatic rings. The van der Waals surface area contributed by atoms with E-state index >= 15 is 0 Å². The van der Waals surface area contributed by atoms with E-state index in [1.165, 1.54) is 18.3 Å². The van der Waals surface area contributed by atoms with Gasteiger partial charge in [0.15, 0.2) is 0 Å². The number of hydrogen-bond acceptors (Lipinski definition) is 3. The highest BCUT2D eigenvalue weighted by molar-refractivity contribution is 5.97. The van der Waals surface area contributed by atoms with E-state index < -0.39 is 0 Å². The molecule has 0 atom stereocenters. The molecule has 0 fully saturated rings. The summed E-state index contributed by atoms with van der Waals surface area (Å²) < 4.78 is 16.5. The minimum atomic E-state index is -0.382. The maximum atomic E-state index is 13.2. The van der Waals surface area contributed by atoms with Crippen molar-refractivity contribution in [2.45, 2.75) is 27.2 Å². The molecule has 3 rings (SSSR count). The Labute approximate surface area is 156 Å². The third kappa shape index (κ3) is 3.63. The largest absolute Gasteiger partial charge is 0.352 e. The number of amides is 1. The molecule has 0 aliphatic carbocycles. The number of benzene rings is 1. The summed E-state index contributed by atoms with van der Waals surface area (Å²) in [4.78, 5) is 25.4. The highest BCUT2D eigenvalue weighted by atomic mass is 19.1. The molecular formula is C20H23FN4O2. The first-order valence-corrected chi connectivity index (χ1v) is 8.92. The molecule has 0 radical (unpaired) electrons. The Kier molecular flexibility index (Phi) is 5.12. The normalized spacial score (nSPS) is 11.3. The van der Waals surface area contributed by atoms with Gasteiger partial charge in [-0.15, -0.1) is 0 Å². The van der Waals surface area contributed by atoms with Gasteiger partial charge in [0.1, 0.15) is 17.0 Å². The number of hydrogen-bond donors (Lipinski definition) is 1. The molecule has 0 bridgehead atoms. The molecule has 0 aliphatic heterocycles. The number of fused-ring (bicyclic) bond motifs is 1. The fourth-order valence-electron chi connectivity index (χ4n) is 3.05. The van der Waals surface area contributed by atoms with Gasteiger partial charge < -0.3 is 9.88 Å². The second kappa shape index (κ2) is 7.34. The molecule has 0 unspecified atom stereocenters. The van der Waals surface area contributed by atoms with Crippen molar-refractivity contribution in [1.82, 2.24) is 19.7 Å². The van der Waals surface area contributed by atoms with Crippen LogP contribution in [0.3, 0.4) is 0 Å². The zero-order valence-electron chi connectivity index (χ0n) is 15.9. The van der Waals surface area contributed by atoms with E-state index in [4.69, 9.17) is 0 Å². The Morgan fingerprint density at radius 1 is 1.26 bits per heavy atom. The number of carbonyl (C=O) groups is 1. The molecule has 27 heavy (non-hydrogen) atoms. The Hall–Kier alpha value is -2.96. The highest BCUT2D eigenvalue weighted by Gasteiger charge is 2.20. The molecular weight excluding hydrogens is 347 g/mol. The Bertz CT molecular complexity index is 1050. The summed E-state index contributed by atoms with van der Waals surface area (Å²) in [7, 11) is 1.76. The van der Waals surface area contributed by atoms with Crippen LogP contribution in [0.5, 0.6) is 0 Å². The third-order valence-electron chi connectivity index (χ3n) is 4.49. The van der Waals surface area contributed by atoms with Crippen LogP contribution in [-0.4, -0.2) is 26.8 Å². The number of halogens is 1. The van der Waals surface area contributed by atoms with Gasteiger partial charge in [-0.3, -0.25) is 9.59 Å². The van der Waals surface area contributed by atoms with Gasteiger partial charge in [-0.1, -0.05) is 13.8 Å².